The van der Waals surface area contributed by atoms with Crippen molar-refractivity contribution in [3.63, 3.8) is 0 Å². The van der Waals surface area contributed by atoms with Gasteiger partial charge in [0.15, 0.2) is 5.82 Å². The zero-order valence-electron chi connectivity index (χ0n) is 8.80. The van der Waals surface area contributed by atoms with Gasteiger partial charge < -0.3 is 15.0 Å². The molecule has 2 rings (SSSR count). The zero-order valence-corrected chi connectivity index (χ0v) is 8.80. The van der Waals surface area contributed by atoms with Crippen LogP contribution >= 0.6 is 0 Å². The summed E-state index contributed by atoms with van der Waals surface area (Å²) < 4.78 is 6.82. The van der Waals surface area contributed by atoms with Gasteiger partial charge in [0.05, 0.1) is 18.6 Å². The maximum atomic E-state index is 12.2. The van der Waals surface area contributed by atoms with Crippen LogP contribution < -0.4 is 5.73 Å². The second-order valence-electron chi connectivity index (χ2n) is 4.13. The third kappa shape index (κ3) is 1.46. The summed E-state index contributed by atoms with van der Waals surface area (Å²) in [6, 6.07) is -0.276. The van der Waals surface area contributed by atoms with E-state index < -0.39 is 5.41 Å². The first-order valence-corrected chi connectivity index (χ1v) is 4.78. The Morgan fingerprint density at radius 3 is 3.00 bits per heavy atom. The highest BCUT2D eigenvalue weighted by Gasteiger charge is 2.46. The van der Waals surface area contributed by atoms with Gasteiger partial charge in [-0.2, -0.15) is 0 Å². The molecule has 0 bridgehead atoms. The van der Waals surface area contributed by atoms with Crippen LogP contribution in [0.25, 0.3) is 0 Å². The van der Waals surface area contributed by atoms with Gasteiger partial charge in [-0.3, -0.25) is 4.79 Å². The summed E-state index contributed by atoms with van der Waals surface area (Å²) in [7, 11) is 1.73. The first-order valence-electron chi connectivity index (χ1n) is 4.78. The van der Waals surface area contributed by atoms with Crippen molar-refractivity contribution in [1.29, 1.82) is 0 Å². The monoisotopic (exact) mass is 210 g/mol. The lowest BCUT2D eigenvalue weighted by molar-refractivity contribution is 0.0752. The molecule has 0 aromatic carbocycles. The fraction of sp³-hybridized carbons (Fsp3) is 0.667. The highest BCUT2D eigenvalue weighted by Crippen LogP contribution is 2.30. The molecule has 2 heterocycles. The molecule has 2 atom stereocenters. The number of nitrogens with zero attached hydrogens (tertiary/aromatic N) is 3. The van der Waals surface area contributed by atoms with Crippen LogP contribution in [0.3, 0.4) is 0 Å². The molecular formula is C9H14N4O2. The molecule has 1 aliphatic heterocycles. The number of aromatic nitrogens is 3. The van der Waals surface area contributed by atoms with Crippen LogP contribution in [0.15, 0.2) is 6.33 Å². The van der Waals surface area contributed by atoms with Gasteiger partial charge in [-0.1, -0.05) is 0 Å². The van der Waals surface area contributed by atoms with Gasteiger partial charge in [-0.05, 0) is 6.92 Å². The molecule has 1 aromatic rings. The molecule has 0 radical (unpaired) electrons. The lowest BCUT2D eigenvalue weighted by Crippen LogP contribution is -2.45. The molecule has 6 nitrogen and oxygen atoms in total. The average Bonchev–Trinajstić information content (AvgIpc) is 2.75. The molecule has 1 fully saturated rings. The minimum Gasteiger partial charge on any atom is -0.379 e. The predicted octanol–water partition coefficient (Wildman–Crippen LogP) is -0.638. The SMILES string of the molecule is Cn1cnnc1C(=O)C1(C)COCC1N. The predicted molar refractivity (Wildman–Crippen MR) is 52.2 cm³/mol. The van der Waals surface area contributed by atoms with E-state index in [2.05, 4.69) is 10.2 Å². The van der Waals surface area contributed by atoms with Crippen LogP contribution in [0.2, 0.25) is 0 Å². The molecule has 1 aliphatic rings. The molecule has 2 N–H and O–H groups in total. The van der Waals surface area contributed by atoms with Crippen molar-refractivity contribution < 1.29 is 9.53 Å². The van der Waals surface area contributed by atoms with Crippen molar-refractivity contribution in [2.75, 3.05) is 13.2 Å². The number of rotatable bonds is 2. The summed E-state index contributed by atoms with van der Waals surface area (Å²) in [5.74, 6) is 0.228. The van der Waals surface area contributed by atoms with Gasteiger partial charge in [-0.25, -0.2) is 0 Å². The Labute approximate surface area is 87.4 Å². The van der Waals surface area contributed by atoms with Crippen molar-refractivity contribution in [3.05, 3.63) is 12.2 Å². The van der Waals surface area contributed by atoms with Crippen molar-refractivity contribution in [2.45, 2.75) is 13.0 Å². The Morgan fingerprint density at radius 2 is 2.53 bits per heavy atom. The largest absolute Gasteiger partial charge is 0.379 e. The number of Topliss-reactive ketones (excluding diaryl/α,β-unsaturated/α-hetero) is 1. The lowest BCUT2D eigenvalue weighted by atomic mass is 9.81. The standard InChI is InChI=1S/C9H14N4O2/c1-9(4-15-3-6(9)10)7(14)8-12-11-5-13(8)2/h5-6H,3-4,10H2,1-2H3. The molecule has 1 aromatic heterocycles. The van der Waals surface area contributed by atoms with Crippen LogP contribution in [0, 0.1) is 5.41 Å². The number of carbonyl (C=O) groups excluding carboxylic acids is 1. The van der Waals surface area contributed by atoms with E-state index >= 15 is 0 Å². The second kappa shape index (κ2) is 3.39. The number of ketones is 1. The molecule has 0 aliphatic carbocycles. The van der Waals surface area contributed by atoms with E-state index in [1.165, 1.54) is 6.33 Å². The zero-order chi connectivity index (χ0) is 11.1. The van der Waals surface area contributed by atoms with E-state index in [1.807, 2.05) is 6.92 Å². The van der Waals surface area contributed by atoms with Crippen LogP contribution in [0.4, 0.5) is 0 Å². The van der Waals surface area contributed by atoms with Gasteiger partial charge in [-0.15, -0.1) is 10.2 Å². The highest BCUT2D eigenvalue weighted by atomic mass is 16.5. The van der Waals surface area contributed by atoms with E-state index in [0.29, 0.717) is 19.0 Å². The molecule has 6 heteroatoms. The van der Waals surface area contributed by atoms with E-state index in [4.69, 9.17) is 10.5 Å². The summed E-state index contributed by atoms with van der Waals surface area (Å²) in [6.45, 7) is 2.57. The fourth-order valence-corrected chi connectivity index (χ4v) is 1.67. The van der Waals surface area contributed by atoms with Gasteiger partial charge in [0.25, 0.3) is 0 Å². The van der Waals surface area contributed by atoms with Crippen LogP contribution in [0.5, 0.6) is 0 Å². The first kappa shape index (κ1) is 10.3. The Morgan fingerprint density at radius 1 is 1.80 bits per heavy atom. The molecule has 0 saturated carbocycles. The van der Waals surface area contributed by atoms with E-state index in [0.717, 1.165) is 0 Å². The van der Waals surface area contributed by atoms with Crippen molar-refractivity contribution in [1.82, 2.24) is 14.8 Å². The Balaban J connectivity index is 2.32. The maximum Gasteiger partial charge on any atom is 0.209 e. The number of hydrogen-bond donors (Lipinski definition) is 1. The van der Waals surface area contributed by atoms with Gasteiger partial charge in [0, 0.05) is 13.1 Å². The number of aryl methyl sites for hydroxylation is 1. The lowest BCUT2D eigenvalue weighted by Gasteiger charge is -2.23. The smallest absolute Gasteiger partial charge is 0.209 e. The fourth-order valence-electron chi connectivity index (χ4n) is 1.67. The molecular weight excluding hydrogens is 196 g/mol. The van der Waals surface area contributed by atoms with E-state index in [9.17, 15) is 4.79 Å². The molecule has 82 valence electrons. The molecule has 1 saturated heterocycles. The normalized spacial score (nSPS) is 30.7. The topological polar surface area (TPSA) is 83.0 Å². The minimum absolute atomic E-state index is 0.104. The summed E-state index contributed by atoms with van der Waals surface area (Å²) in [4.78, 5) is 12.2. The Bertz CT molecular complexity index is 389. The minimum atomic E-state index is -0.680. The Hall–Kier alpha value is -1.27. The van der Waals surface area contributed by atoms with Crippen molar-refractivity contribution in [2.24, 2.45) is 18.2 Å². The first-order chi connectivity index (χ1) is 7.05. The van der Waals surface area contributed by atoms with E-state index in [1.54, 1.807) is 11.6 Å². The molecule has 0 amide bonds. The molecule has 15 heavy (non-hydrogen) atoms. The second-order valence-corrected chi connectivity index (χ2v) is 4.13. The number of ether oxygens (including phenoxy) is 1. The van der Waals surface area contributed by atoms with Gasteiger partial charge >= 0.3 is 0 Å². The van der Waals surface area contributed by atoms with Crippen LogP contribution in [-0.4, -0.2) is 39.8 Å². The van der Waals surface area contributed by atoms with Crippen LogP contribution in [0.1, 0.15) is 17.5 Å². The van der Waals surface area contributed by atoms with Crippen LogP contribution in [-0.2, 0) is 11.8 Å². The van der Waals surface area contributed by atoms with Gasteiger partial charge in [0.1, 0.15) is 6.33 Å². The summed E-state index contributed by atoms with van der Waals surface area (Å²) in [5.41, 5.74) is 5.19. The number of carbonyl (C=O) groups is 1. The summed E-state index contributed by atoms with van der Waals surface area (Å²) >= 11 is 0. The molecule has 0 spiro atoms. The van der Waals surface area contributed by atoms with Crippen molar-refractivity contribution >= 4 is 5.78 Å². The summed E-state index contributed by atoms with van der Waals surface area (Å²) in [6.07, 6.45) is 1.50. The number of nitrogens with two attached hydrogens (primary N) is 1. The highest BCUT2D eigenvalue weighted by molar-refractivity contribution is 5.98. The number of hydrogen-bond acceptors (Lipinski definition) is 5. The van der Waals surface area contributed by atoms with E-state index in [-0.39, 0.29) is 11.8 Å². The summed E-state index contributed by atoms with van der Waals surface area (Å²) in [5, 5.41) is 7.47. The third-order valence-electron chi connectivity index (χ3n) is 2.95. The molecule has 2 unspecified atom stereocenters. The van der Waals surface area contributed by atoms with Crippen molar-refractivity contribution in [3.8, 4) is 0 Å². The average molecular weight is 210 g/mol. The third-order valence-corrected chi connectivity index (χ3v) is 2.95. The maximum absolute atomic E-state index is 12.2. The van der Waals surface area contributed by atoms with Gasteiger partial charge in [0.2, 0.25) is 5.78 Å². The quantitative estimate of drug-likeness (QED) is 0.656. The Kier molecular flexibility index (Phi) is 2.32.